The second kappa shape index (κ2) is 64.7. The molecule has 0 fully saturated rings. The van der Waals surface area contributed by atoms with E-state index in [1.807, 2.05) is 27.2 Å². The van der Waals surface area contributed by atoms with Crippen molar-refractivity contribution in [3.63, 3.8) is 0 Å². The van der Waals surface area contributed by atoms with Gasteiger partial charge in [-0.25, -0.2) is 4.57 Å². The summed E-state index contributed by atoms with van der Waals surface area (Å²) in [5, 5.41) is 14.0. The minimum absolute atomic E-state index is 0.0541. The molecule has 83 heavy (non-hydrogen) atoms. The Labute approximate surface area is 517 Å². The first-order valence-electron chi connectivity index (χ1n) is 36.2. The summed E-state index contributed by atoms with van der Waals surface area (Å²) in [5.74, 6) is -0.185. The van der Waals surface area contributed by atoms with Crippen LogP contribution in [0.2, 0.25) is 0 Å². The lowest BCUT2D eigenvalue weighted by atomic mass is 10.0. The Hall–Kier alpha value is -1.80. The van der Waals surface area contributed by atoms with Crippen LogP contribution >= 0.6 is 7.82 Å². The average molecular weight is 1190 g/mol. The fourth-order valence-electron chi connectivity index (χ4n) is 10.8. The van der Waals surface area contributed by atoms with Gasteiger partial charge in [0.1, 0.15) is 13.2 Å². The van der Waals surface area contributed by atoms with Crippen LogP contribution < -0.4 is 5.32 Å². The number of unbranched alkanes of at least 4 members (excludes halogenated alkanes) is 46. The number of quaternary nitrogens is 1. The molecule has 0 heterocycles. The van der Waals surface area contributed by atoms with Gasteiger partial charge in [-0.05, 0) is 77.0 Å². The van der Waals surface area contributed by atoms with Crippen LogP contribution in [0.5, 0.6) is 0 Å². The van der Waals surface area contributed by atoms with Crippen LogP contribution in [-0.4, -0.2) is 73.4 Å². The normalized spacial score (nSPS) is 14.0. The highest BCUT2D eigenvalue weighted by Crippen LogP contribution is 2.43. The molecule has 1 amide bonds. The average Bonchev–Trinajstić information content (AvgIpc) is 3.50. The number of aliphatic hydroxyl groups is 1. The minimum atomic E-state index is -4.37. The van der Waals surface area contributed by atoms with Gasteiger partial charge in [0.25, 0.3) is 0 Å². The molecule has 0 saturated heterocycles. The number of allylic oxidation sites excluding steroid dienone is 9. The summed E-state index contributed by atoms with van der Waals surface area (Å²) < 4.78 is 23.8. The molecule has 8 nitrogen and oxygen atoms in total. The zero-order chi connectivity index (χ0) is 60.5. The van der Waals surface area contributed by atoms with E-state index >= 15 is 0 Å². The van der Waals surface area contributed by atoms with Crippen LogP contribution in [0.15, 0.2) is 60.8 Å². The maximum Gasteiger partial charge on any atom is 0.472 e. The number of carbonyl (C=O) groups is 1. The van der Waals surface area contributed by atoms with Crippen LogP contribution in [0.4, 0.5) is 0 Å². The van der Waals surface area contributed by atoms with Gasteiger partial charge in [0.05, 0.1) is 39.9 Å². The lowest BCUT2D eigenvalue weighted by Gasteiger charge is -2.25. The third kappa shape index (κ3) is 67.6. The number of nitrogens with zero attached hydrogens (tertiary/aromatic N) is 1. The molecule has 3 atom stereocenters. The third-order valence-electron chi connectivity index (χ3n) is 16.4. The first kappa shape index (κ1) is 81.2. The van der Waals surface area contributed by atoms with Crippen LogP contribution in [0.3, 0.4) is 0 Å². The summed E-state index contributed by atoms with van der Waals surface area (Å²) in [6, 6.07) is -0.871. The second-order valence-corrected chi connectivity index (χ2v) is 27.4. The Bertz CT molecular complexity index is 1540. The number of likely N-dealkylation sites (N-methyl/N-ethyl adjacent to an activating group) is 1. The third-order valence-corrected chi connectivity index (χ3v) is 17.4. The van der Waals surface area contributed by atoms with Crippen molar-refractivity contribution in [3.8, 4) is 0 Å². The molecule has 0 aliphatic heterocycles. The van der Waals surface area contributed by atoms with Crippen molar-refractivity contribution >= 4 is 13.7 Å². The Morgan fingerprint density at radius 2 is 0.699 bits per heavy atom. The highest BCUT2D eigenvalue weighted by Gasteiger charge is 2.28. The number of phosphoric ester groups is 1. The number of hydrogen-bond donors (Lipinski definition) is 3. The standard InChI is InChI=1S/C74H141N2O6P/c1-6-8-10-12-14-16-18-20-22-24-26-28-30-31-32-33-34-35-36-37-38-39-40-41-42-43-44-45-46-48-50-52-54-56-58-60-62-64-66-68-74(78)75-72(71-82-83(79,80)81-70-69-76(3,4)5)73(77)67-65-63-61-59-57-55-53-51-49-47-29-27-25-23-21-19-17-15-13-11-9-7-2/h18,20,24,26,49,51,57,59,65,67,72-73,77H,6-17,19,21-23,25,27-48,50,52-56,58,60-64,66,68-71H2,1-5H3,(H-,75,78,79,80)/p+1/b20-18-,26-24-,51-49+,59-57+,67-65+. The highest BCUT2D eigenvalue weighted by atomic mass is 31.2. The molecule has 0 radical (unpaired) electrons. The van der Waals surface area contributed by atoms with E-state index in [2.05, 4.69) is 67.8 Å². The quantitative estimate of drug-likeness (QED) is 0.0243. The molecule has 488 valence electrons. The summed E-state index contributed by atoms with van der Waals surface area (Å²) >= 11 is 0. The van der Waals surface area contributed by atoms with E-state index in [0.717, 1.165) is 51.4 Å². The van der Waals surface area contributed by atoms with Crippen LogP contribution in [0.25, 0.3) is 0 Å². The monoisotopic (exact) mass is 1190 g/mol. The van der Waals surface area contributed by atoms with Gasteiger partial charge in [-0.3, -0.25) is 13.8 Å². The van der Waals surface area contributed by atoms with Gasteiger partial charge in [-0.2, -0.15) is 0 Å². The maximum atomic E-state index is 13.0. The summed E-state index contributed by atoms with van der Waals surface area (Å²) in [7, 11) is 1.56. The number of phosphoric acid groups is 1. The Morgan fingerprint density at radius 3 is 1.04 bits per heavy atom. The van der Waals surface area contributed by atoms with Gasteiger partial charge in [-0.1, -0.05) is 331 Å². The first-order valence-corrected chi connectivity index (χ1v) is 37.7. The molecule has 0 aromatic rings. The van der Waals surface area contributed by atoms with Crippen molar-refractivity contribution < 1.29 is 32.9 Å². The molecule has 0 aliphatic carbocycles. The van der Waals surface area contributed by atoms with Gasteiger partial charge in [-0.15, -0.1) is 0 Å². The molecule has 9 heteroatoms. The lowest BCUT2D eigenvalue weighted by Crippen LogP contribution is -2.45. The van der Waals surface area contributed by atoms with E-state index in [4.69, 9.17) is 9.05 Å². The van der Waals surface area contributed by atoms with E-state index in [-0.39, 0.29) is 19.1 Å². The Morgan fingerprint density at radius 1 is 0.410 bits per heavy atom. The number of amides is 1. The molecule has 0 spiro atoms. The number of carbonyl (C=O) groups excluding carboxylic acids is 1. The van der Waals surface area contributed by atoms with Gasteiger partial charge in [0.2, 0.25) is 5.91 Å². The predicted octanol–water partition coefficient (Wildman–Crippen LogP) is 23.2. The van der Waals surface area contributed by atoms with Crippen molar-refractivity contribution in [2.24, 2.45) is 0 Å². The Kier molecular flexibility index (Phi) is 63.3. The molecular formula is C74H142N2O6P+. The lowest BCUT2D eigenvalue weighted by molar-refractivity contribution is -0.870. The number of aliphatic hydroxyl groups excluding tert-OH is 1. The van der Waals surface area contributed by atoms with Crippen molar-refractivity contribution in [1.82, 2.24) is 5.32 Å². The van der Waals surface area contributed by atoms with E-state index < -0.39 is 20.0 Å². The molecular weight excluding hydrogens is 1040 g/mol. The molecule has 0 bridgehead atoms. The Balaban J connectivity index is 3.98. The summed E-state index contributed by atoms with van der Waals surface area (Å²) in [5.41, 5.74) is 0. The van der Waals surface area contributed by atoms with E-state index in [1.54, 1.807) is 6.08 Å². The van der Waals surface area contributed by atoms with Gasteiger partial charge >= 0.3 is 7.82 Å². The minimum Gasteiger partial charge on any atom is -0.387 e. The smallest absolute Gasteiger partial charge is 0.387 e. The zero-order valence-corrected chi connectivity index (χ0v) is 56.8. The largest absolute Gasteiger partial charge is 0.472 e. The highest BCUT2D eigenvalue weighted by molar-refractivity contribution is 7.47. The molecule has 0 aliphatic rings. The number of rotatable bonds is 67. The molecule has 0 rings (SSSR count). The van der Waals surface area contributed by atoms with Gasteiger partial charge < -0.3 is 19.8 Å². The number of nitrogens with one attached hydrogen (secondary N) is 1. The van der Waals surface area contributed by atoms with Crippen molar-refractivity contribution in [1.29, 1.82) is 0 Å². The van der Waals surface area contributed by atoms with Gasteiger partial charge in [0.15, 0.2) is 0 Å². The predicted molar refractivity (Wildman–Crippen MR) is 364 cm³/mol. The van der Waals surface area contributed by atoms with Crippen LogP contribution in [0.1, 0.15) is 354 Å². The van der Waals surface area contributed by atoms with Crippen LogP contribution in [-0.2, 0) is 18.4 Å². The van der Waals surface area contributed by atoms with Crippen molar-refractivity contribution in [2.75, 3.05) is 40.9 Å². The number of hydrogen-bond acceptors (Lipinski definition) is 5. The van der Waals surface area contributed by atoms with Crippen molar-refractivity contribution in [2.45, 2.75) is 366 Å². The van der Waals surface area contributed by atoms with E-state index in [9.17, 15) is 19.4 Å². The molecule has 0 aromatic heterocycles. The van der Waals surface area contributed by atoms with Crippen molar-refractivity contribution in [3.05, 3.63) is 60.8 Å². The molecule has 0 aromatic carbocycles. The summed E-state index contributed by atoms with van der Waals surface area (Å²) in [6.45, 7) is 4.82. The SMILES string of the molecule is CCCCCCC/C=C\C/C=C\CCCCCCCCCCCCCCCCCCCCCCCCCCCCCC(=O)NC(COP(=O)(O)OCC[N+](C)(C)C)C(O)/C=C/CC/C=C/CC/C=C/CCCCCCCCCCCCCC. The maximum absolute atomic E-state index is 13.0. The topological polar surface area (TPSA) is 105 Å². The van der Waals surface area contributed by atoms with E-state index in [1.165, 1.54) is 283 Å². The van der Waals surface area contributed by atoms with E-state index in [0.29, 0.717) is 17.4 Å². The molecule has 3 N–H and O–H groups in total. The summed E-state index contributed by atoms with van der Waals surface area (Å²) in [6.07, 6.45) is 89.7. The zero-order valence-electron chi connectivity index (χ0n) is 55.9. The van der Waals surface area contributed by atoms with Crippen LogP contribution in [0, 0.1) is 0 Å². The molecule has 0 saturated carbocycles. The summed E-state index contributed by atoms with van der Waals surface area (Å²) in [4.78, 5) is 23.4. The second-order valence-electron chi connectivity index (χ2n) is 25.9. The fourth-order valence-corrected chi connectivity index (χ4v) is 11.6. The first-order chi connectivity index (χ1) is 40.5. The van der Waals surface area contributed by atoms with Gasteiger partial charge in [0, 0.05) is 6.42 Å². The fraction of sp³-hybridized carbons (Fsp3) is 0.851. The molecule has 3 unspecified atom stereocenters.